The lowest BCUT2D eigenvalue weighted by atomic mass is 10.1. The van der Waals surface area contributed by atoms with Crippen molar-refractivity contribution in [1.82, 2.24) is 10.2 Å². The van der Waals surface area contributed by atoms with Gasteiger partial charge in [-0.1, -0.05) is 0 Å². The summed E-state index contributed by atoms with van der Waals surface area (Å²) in [5.41, 5.74) is -0.479. The summed E-state index contributed by atoms with van der Waals surface area (Å²) in [5, 5.41) is 2.76. The van der Waals surface area contributed by atoms with Crippen LogP contribution < -0.4 is 5.32 Å². The van der Waals surface area contributed by atoms with E-state index in [1.807, 2.05) is 20.8 Å². The fraction of sp³-hybridized carbons (Fsp3) is 0.938. The maximum Gasteiger partial charge on any atom is 0.410 e. The van der Waals surface area contributed by atoms with Gasteiger partial charge in [-0.2, -0.15) is 0 Å². The summed E-state index contributed by atoms with van der Waals surface area (Å²) < 4.78 is 35.7. The Morgan fingerprint density at radius 3 is 2.43 bits per heavy atom. The van der Waals surface area contributed by atoms with Crippen molar-refractivity contribution in [2.24, 2.45) is 0 Å². The van der Waals surface area contributed by atoms with Gasteiger partial charge in [-0.05, 0) is 53.5 Å². The lowest BCUT2D eigenvalue weighted by Crippen LogP contribution is -2.43. The first-order valence-electron chi connectivity index (χ1n) is 8.30. The van der Waals surface area contributed by atoms with Crippen LogP contribution in [-0.4, -0.2) is 61.4 Å². The van der Waals surface area contributed by atoms with Gasteiger partial charge in [-0.15, -0.1) is 0 Å². The van der Waals surface area contributed by atoms with Gasteiger partial charge in [0.2, 0.25) is 0 Å². The average molecular weight is 336 g/mol. The number of ether oxygens (including phenoxy) is 2. The van der Waals surface area contributed by atoms with Crippen molar-refractivity contribution in [3.05, 3.63) is 0 Å². The highest BCUT2D eigenvalue weighted by molar-refractivity contribution is 5.68. The molecule has 1 saturated heterocycles. The Bertz CT molecular complexity index is 354. The zero-order valence-corrected chi connectivity index (χ0v) is 14.6. The van der Waals surface area contributed by atoms with Crippen LogP contribution in [-0.2, 0) is 9.47 Å². The third-order valence-corrected chi connectivity index (χ3v) is 3.61. The minimum Gasteiger partial charge on any atom is -0.444 e. The highest BCUT2D eigenvalue weighted by atomic mass is 19.3. The molecule has 1 N–H and O–H groups in total. The summed E-state index contributed by atoms with van der Waals surface area (Å²) in [6, 6.07) is -0.785. The summed E-state index contributed by atoms with van der Waals surface area (Å²) in [5.74, 6) is 0. The molecule has 0 spiro atoms. The van der Waals surface area contributed by atoms with E-state index in [0.29, 0.717) is 32.7 Å². The number of amides is 1. The molecule has 0 saturated carbocycles. The minimum atomic E-state index is -2.34. The van der Waals surface area contributed by atoms with Crippen molar-refractivity contribution < 1.29 is 23.0 Å². The molecule has 0 aromatic heterocycles. The molecule has 1 rings (SSSR count). The molecule has 23 heavy (non-hydrogen) atoms. The number of carbonyl (C=O) groups excluding carboxylic acids is 1. The van der Waals surface area contributed by atoms with Crippen LogP contribution in [0.2, 0.25) is 0 Å². The number of halogens is 2. The van der Waals surface area contributed by atoms with Crippen molar-refractivity contribution in [3.63, 3.8) is 0 Å². The Hall–Kier alpha value is -0.950. The lowest BCUT2D eigenvalue weighted by Gasteiger charge is -2.33. The van der Waals surface area contributed by atoms with Crippen LogP contribution in [0, 0.1) is 0 Å². The number of piperidine rings is 1. The van der Waals surface area contributed by atoms with E-state index in [2.05, 4.69) is 5.32 Å². The summed E-state index contributed by atoms with van der Waals surface area (Å²) in [6.45, 7) is 9.33. The van der Waals surface area contributed by atoms with E-state index in [-0.39, 0.29) is 12.2 Å². The van der Waals surface area contributed by atoms with Crippen LogP contribution in [0.3, 0.4) is 0 Å². The van der Waals surface area contributed by atoms with Crippen LogP contribution >= 0.6 is 0 Å². The van der Waals surface area contributed by atoms with E-state index < -0.39 is 18.1 Å². The first kappa shape index (κ1) is 20.1. The normalized spacial score (nSPS) is 18.3. The largest absolute Gasteiger partial charge is 0.444 e. The van der Waals surface area contributed by atoms with Gasteiger partial charge in [0, 0.05) is 19.7 Å². The van der Waals surface area contributed by atoms with Gasteiger partial charge in [0.1, 0.15) is 5.60 Å². The number of carbonyl (C=O) groups is 1. The zero-order valence-electron chi connectivity index (χ0n) is 14.6. The molecule has 1 fully saturated rings. The van der Waals surface area contributed by atoms with Crippen LogP contribution in [0.15, 0.2) is 0 Å². The van der Waals surface area contributed by atoms with E-state index in [4.69, 9.17) is 9.47 Å². The predicted octanol–water partition coefficient (Wildman–Crippen LogP) is 3.04. The van der Waals surface area contributed by atoms with Gasteiger partial charge < -0.3 is 19.7 Å². The smallest absolute Gasteiger partial charge is 0.410 e. The number of nitrogens with zero attached hydrogens (tertiary/aromatic N) is 1. The van der Waals surface area contributed by atoms with Gasteiger partial charge in [-0.3, -0.25) is 0 Å². The minimum absolute atomic E-state index is 0.126. The van der Waals surface area contributed by atoms with Crippen LogP contribution in [0.5, 0.6) is 0 Å². The fourth-order valence-electron chi connectivity index (χ4n) is 2.27. The molecular formula is C16H30F2N2O3. The summed E-state index contributed by atoms with van der Waals surface area (Å²) in [4.78, 5) is 13.6. The highest BCUT2D eigenvalue weighted by Crippen LogP contribution is 2.17. The van der Waals surface area contributed by atoms with Crippen molar-refractivity contribution >= 4 is 6.09 Å². The molecular weight excluding hydrogens is 306 g/mol. The second kappa shape index (κ2) is 9.37. The van der Waals surface area contributed by atoms with Crippen molar-refractivity contribution in [2.75, 3.05) is 26.2 Å². The first-order chi connectivity index (χ1) is 10.7. The third-order valence-electron chi connectivity index (χ3n) is 3.61. The third kappa shape index (κ3) is 8.46. The zero-order chi connectivity index (χ0) is 17.5. The lowest BCUT2D eigenvalue weighted by molar-refractivity contribution is -0.0120. The molecule has 0 aromatic carbocycles. The summed E-state index contributed by atoms with van der Waals surface area (Å²) in [7, 11) is 0. The Labute approximate surface area is 137 Å². The van der Waals surface area contributed by atoms with E-state index in [9.17, 15) is 13.6 Å². The van der Waals surface area contributed by atoms with Crippen LogP contribution in [0.4, 0.5) is 13.6 Å². The van der Waals surface area contributed by atoms with Gasteiger partial charge in [0.05, 0.1) is 12.1 Å². The average Bonchev–Trinajstić information content (AvgIpc) is 2.45. The number of hydrogen-bond donors (Lipinski definition) is 1. The molecule has 1 aliphatic heterocycles. The number of likely N-dealkylation sites (tertiary alicyclic amines) is 1. The Morgan fingerprint density at radius 2 is 1.91 bits per heavy atom. The number of alkyl halides is 2. The standard InChI is InChI=1S/C16H30F2N2O3/c1-12(14(17)18)19-8-5-11-22-13-6-9-20(10-7-13)15(21)23-16(2,3)4/h12-14,19H,5-11H2,1-4H3. The predicted molar refractivity (Wildman–Crippen MR) is 84.9 cm³/mol. The molecule has 1 aliphatic rings. The number of rotatable bonds is 7. The molecule has 7 heteroatoms. The molecule has 0 bridgehead atoms. The Morgan fingerprint density at radius 1 is 1.30 bits per heavy atom. The van der Waals surface area contributed by atoms with Gasteiger partial charge in [0.25, 0.3) is 6.43 Å². The van der Waals surface area contributed by atoms with Gasteiger partial charge >= 0.3 is 6.09 Å². The summed E-state index contributed by atoms with van der Waals surface area (Å²) in [6.07, 6.45) is -0.237. The van der Waals surface area contributed by atoms with Crippen molar-refractivity contribution in [3.8, 4) is 0 Å². The van der Waals surface area contributed by atoms with E-state index in [0.717, 1.165) is 12.8 Å². The van der Waals surface area contributed by atoms with Crippen LogP contribution in [0.25, 0.3) is 0 Å². The van der Waals surface area contributed by atoms with Crippen molar-refractivity contribution in [2.45, 2.75) is 71.1 Å². The van der Waals surface area contributed by atoms with Gasteiger partial charge in [0.15, 0.2) is 0 Å². The fourth-order valence-corrected chi connectivity index (χ4v) is 2.27. The van der Waals surface area contributed by atoms with E-state index in [1.54, 1.807) is 4.90 Å². The summed E-state index contributed by atoms with van der Waals surface area (Å²) >= 11 is 0. The number of nitrogens with one attached hydrogen (secondary N) is 1. The molecule has 1 heterocycles. The maximum atomic E-state index is 12.3. The molecule has 0 aromatic rings. The SMILES string of the molecule is CC(NCCCOC1CCN(C(=O)OC(C)(C)C)CC1)C(F)F. The number of hydrogen-bond acceptors (Lipinski definition) is 4. The topological polar surface area (TPSA) is 50.8 Å². The van der Waals surface area contributed by atoms with E-state index in [1.165, 1.54) is 6.92 Å². The Balaban J connectivity index is 2.11. The maximum absolute atomic E-state index is 12.3. The molecule has 5 nitrogen and oxygen atoms in total. The Kier molecular flexibility index (Phi) is 8.19. The molecule has 0 radical (unpaired) electrons. The first-order valence-corrected chi connectivity index (χ1v) is 8.30. The molecule has 136 valence electrons. The molecule has 1 amide bonds. The van der Waals surface area contributed by atoms with E-state index >= 15 is 0 Å². The molecule has 1 unspecified atom stereocenters. The molecule has 1 atom stereocenters. The second-order valence-electron chi connectivity index (χ2n) is 6.97. The monoisotopic (exact) mass is 336 g/mol. The quantitative estimate of drug-likeness (QED) is 0.726. The van der Waals surface area contributed by atoms with Crippen molar-refractivity contribution in [1.29, 1.82) is 0 Å². The second-order valence-corrected chi connectivity index (χ2v) is 6.97. The van der Waals surface area contributed by atoms with Gasteiger partial charge in [-0.25, -0.2) is 13.6 Å². The van der Waals surface area contributed by atoms with Crippen LogP contribution in [0.1, 0.15) is 47.0 Å². The highest BCUT2D eigenvalue weighted by Gasteiger charge is 2.27. The molecule has 0 aliphatic carbocycles.